The van der Waals surface area contributed by atoms with Gasteiger partial charge in [-0.15, -0.1) is 5.10 Å². The Bertz CT molecular complexity index is 1130. The Morgan fingerprint density at radius 1 is 1.25 bits per heavy atom. The number of halogens is 1. The molecular formula is C22H30FN7O2. The van der Waals surface area contributed by atoms with Gasteiger partial charge < -0.3 is 26.8 Å². The van der Waals surface area contributed by atoms with Crippen LogP contribution in [0.3, 0.4) is 0 Å². The molecular weight excluding hydrogens is 413 g/mol. The summed E-state index contributed by atoms with van der Waals surface area (Å²) in [5, 5.41) is 11.2. The van der Waals surface area contributed by atoms with Gasteiger partial charge in [0.05, 0.1) is 23.6 Å². The third-order valence-electron chi connectivity index (χ3n) is 5.20. The van der Waals surface area contributed by atoms with Crippen molar-refractivity contribution < 1.29 is 13.9 Å². The highest BCUT2D eigenvalue weighted by Gasteiger charge is 2.21. The van der Waals surface area contributed by atoms with Crippen LogP contribution in [0.25, 0.3) is 10.9 Å². The lowest BCUT2D eigenvalue weighted by molar-refractivity contribution is 0.100. The molecule has 10 heteroatoms. The predicted octanol–water partition coefficient (Wildman–Crippen LogP) is 3.13. The Kier molecular flexibility index (Phi) is 6.83. The molecule has 9 nitrogen and oxygen atoms in total. The number of nitrogens with zero attached hydrogens (tertiary/aromatic N) is 3. The van der Waals surface area contributed by atoms with E-state index < -0.39 is 11.7 Å². The van der Waals surface area contributed by atoms with Gasteiger partial charge in [-0.1, -0.05) is 13.8 Å². The van der Waals surface area contributed by atoms with Crippen molar-refractivity contribution in [3.8, 4) is 5.88 Å². The number of anilines is 3. The van der Waals surface area contributed by atoms with E-state index in [-0.39, 0.29) is 29.3 Å². The zero-order valence-electron chi connectivity index (χ0n) is 18.9. The van der Waals surface area contributed by atoms with Gasteiger partial charge in [0.25, 0.3) is 5.91 Å². The highest BCUT2D eigenvalue weighted by molar-refractivity contribution is 5.99. The van der Waals surface area contributed by atoms with Crippen LogP contribution in [0.2, 0.25) is 0 Å². The number of methoxy groups -OCH3 is 1. The van der Waals surface area contributed by atoms with Gasteiger partial charge >= 0.3 is 0 Å². The number of ether oxygens (including phenoxy) is 1. The van der Waals surface area contributed by atoms with Gasteiger partial charge in [0, 0.05) is 24.8 Å². The molecule has 0 unspecified atom stereocenters. The maximum Gasteiger partial charge on any atom is 0.252 e. The summed E-state index contributed by atoms with van der Waals surface area (Å²) in [6, 6.07) is 6.13. The third kappa shape index (κ3) is 4.91. The smallest absolute Gasteiger partial charge is 0.252 e. The Morgan fingerprint density at radius 3 is 2.56 bits per heavy atom. The van der Waals surface area contributed by atoms with Gasteiger partial charge in [-0.25, -0.2) is 9.37 Å². The van der Waals surface area contributed by atoms with Crippen molar-refractivity contribution in [2.24, 2.45) is 24.4 Å². The van der Waals surface area contributed by atoms with Crippen LogP contribution < -0.4 is 26.8 Å². The Morgan fingerprint density at radius 2 is 1.97 bits per heavy atom. The second-order valence-corrected chi connectivity index (χ2v) is 8.31. The molecule has 0 radical (unpaired) electrons. The van der Waals surface area contributed by atoms with Crippen molar-refractivity contribution in [3.05, 3.63) is 35.6 Å². The number of hydrogen-bond acceptors (Lipinski definition) is 7. The maximum absolute atomic E-state index is 14.8. The van der Waals surface area contributed by atoms with E-state index >= 15 is 0 Å². The van der Waals surface area contributed by atoms with Crippen LogP contribution in [0.1, 0.15) is 37.6 Å². The second-order valence-electron chi connectivity index (χ2n) is 8.31. The van der Waals surface area contributed by atoms with E-state index in [9.17, 15) is 9.18 Å². The number of amides is 1. The average Bonchev–Trinajstić information content (AvgIpc) is 3.04. The summed E-state index contributed by atoms with van der Waals surface area (Å²) < 4.78 is 21.8. The van der Waals surface area contributed by atoms with Crippen molar-refractivity contribution in [2.75, 3.05) is 17.7 Å². The fraction of sp³-hybridized carbons (Fsp3) is 0.409. The molecule has 0 aliphatic heterocycles. The quantitative estimate of drug-likeness (QED) is 0.399. The Labute approximate surface area is 186 Å². The summed E-state index contributed by atoms with van der Waals surface area (Å²) in [5.74, 6) is -0.522. The van der Waals surface area contributed by atoms with Crippen molar-refractivity contribution in [2.45, 2.75) is 39.3 Å². The summed E-state index contributed by atoms with van der Waals surface area (Å²) in [5.41, 5.74) is 13.0. The number of rotatable bonds is 9. The standard InChI is InChI=1S/C22H30FN7O2/c1-11(2)8-17(12(3)24)27-21-16(23)10-15(19(25)31)20(28-21)26-13-6-7-18-14(9-13)22(32-5)29-30(18)4/h6-7,9-12,17H,8,24H2,1-5H3,(H2,25,31)(H2,26,27,28)/t12-,17+/m0/s1. The number of benzene rings is 1. The molecule has 0 spiro atoms. The van der Waals surface area contributed by atoms with Gasteiger partial charge in [0.1, 0.15) is 5.82 Å². The van der Waals surface area contributed by atoms with Crippen LogP contribution in [0.4, 0.5) is 21.7 Å². The summed E-state index contributed by atoms with van der Waals surface area (Å²) in [6.45, 7) is 5.98. The van der Waals surface area contributed by atoms with Gasteiger partial charge in [0.15, 0.2) is 11.6 Å². The zero-order chi connectivity index (χ0) is 23.6. The van der Waals surface area contributed by atoms with Gasteiger partial charge in [-0.05, 0) is 43.5 Å². The largest absolute Gasteiger partial charge is 0.479 e. The first kappa shape index (κ1) is 23.3. The molecule has 2 atom stereocenters. The number of carbonyl (C=O) groups excluding carboxylic acids is 1. The van der Waals surface area contributed by atoms with Gasteiger partial charge in [-0.3, -0.25) is 9.48 Å². The van der Waals surface area contributed by atoms with Gasteiger partial charge in [0.2, 0.25) is 5.88 Å². The number of nitrogens with two attached hydrogens (primary N) is 2. The van der Waals surface area contributed by atoms with E-state index in [0.717, 1.165) is 23.4 Å². The highest BCUT2D eigenvalue weighted by Crippen LogP contribution is 2.30. The van der Waals surface area contributed by atoms with Crippen LogP contribution in [0, 0.1) is 11.7 Å². The van der Waals surface area contributed by atoms with Crippen molar-refractivity contribution in [1.29, 1.82) is 0 Å². The van der Waals surface area contributed by atoms with Crippen LogP contribution in [-0.4, -0.2) is 39.9 Å². The molecule has 1 aromatic carbocycles. The fourth-order valence-electron chi connectivity index (χ4n) is 3.56. The molecule has 0 aliphatic rings. The summed E-state index contributed by atoms with van der Waals surface area (Å²) in [4.78, 5) is 16.3. The lowest BCUT2D eigenvalue weighted by Gasteiger charge is -2.25. The van der Waals surface area contributed by atoms with E-state index in [0.29, 0.717) is 17.5 Å². The Hall–Kier alpha value is -3.40. The Balaban J connectivity index is 2.00. The monoisotopic (exact) mass is 443 g/mol. The minimum absolute atomic E-state index is 0.000450. The molecule has 3 rings (SSSR count). The number of pyridine rings is 1. The second kappa shape index (κ2) is 9.39. The van der Waals surface area contributed by atoms with Crippen molar-refractivity contribution in [3.63, 3.8) is 0 Å². The first-order valence-electron chi connectivity index (χ1n) is 10.4. The highest BCUT2D eigenvalue weighted by atomic mass is 19.1. The lowest BCUT2D eigenvalue weighted by Crippen LogP contribution is -2.39. The molecule has 3 aromatic rings. The molecule has 0 bridgehead atoms. The summed E-state index contributed by atoms with van der Waals surface area (Å²) in [6.07, 6.45) is 0.733. The summed E-state index contributed by atoms with van der Waals surface area (Å²) >= 11 is 0. The first-order valence-corrected chi connectivity index (χ1v) is 10.4. The molecule has 0 saturated heterocycles. The van der Waals surface area contributed by atoms with E-state index in [1.54, 1.807) is 17.9 Å². The number of primary amides is 1. The number of fused-ring (bicyclic) bond motifs is 1. The normalized spacial score (nSPS) is 13.2. The van der Waals surface area contributed by atoms with E-state index in [4.69, 9.17) is 16.2 Å². The van der Waals surface area contributed by atoms with Crippen LogP contribution in [0.15, 0.2) is 24.3 Å². The molecule has 172 valence electrons. The molecule has 2 heterocycles. The minimum atomic E-state index is -0.795. The van der Waals surface area contributed by atoms with E-state index in [2.05, 4.69) is 34.6 Å². The molecule has 6 N–H and O–H groups in total. The van der Waals surface area contributed by atoms with Crippen LogP contribution in [0.5, 0.6) is 5.88 Å². The minimum Gasteiger partial charge on any atom is -0.479 e. The van der Waals surface area contributed by atoms with Gasteiger partial charge in [-0.2, -0.15) is 0 Å². The number of aryl methyl sites for hydroxylation is 1. The topological polar surface area (TPSA) is 133 Å². The predicted molar refractivity (Wildman–Crippen MR) is 124 cm³/mol. The molecule has 0 fully saturated rings. The van der Waals surface area contributed by atoms with Crippen LogP contribution >= 0.6 is 0 Å². The molecule has 1 amide bonds. The van der Waals surface area contributed by atoms with E-state index in [1.807, 2.05) is 26.1 Å². The molecule has 2 aromatic heterocycles. The number of hydrogen-bond donors (Lipinski definition) is 4. The number of carbonyl (C=O) groups is 1. The number of aromatic nitrogens is 3. The van der Waals surface area contributed by atoms with E-state index in [1.165, 1.54) is 0 Å². The SMILES string of the molecule is COc1nn(C)c2ccc(Nc3nc(N[C@H](CC(C)C)[C@H](C)N)c(F)cc3C(N)=O)cc12. The molecule has 32 heavy (non-hydrogen) atoms. The van der Waals surface area contributed by atoms with Crippen LogP contribution in [-0.2, 0) is 7.05 Å². The summed E-state index contributed by atoms with van der Waals surface area (Å²) in [7, 11) is 3.35. The molecule has 0 aliphatic carbocycles. The number of nitrogens with one attached hydrogen (secondary N) is 2. The lowest BCUT2D eigenvalue weighted by atomic mass is 9.99. The third-order valence-corrected chi connectivity index (χ3v) is 5.20. The average molecular weight is 444 g/mol. The maximum atomic E-state index is 14.8. The van der Waals surface area contributed by atoms with Crippen molar-refractivity contribution >= 4 is 34.1 Å². The first-order chi connectivity index (χ1) is 15.1. The zero-order valence-corrected chi connectivity index (χ0v) is 18.9. The molecule has 0 saturated carbocycles. The van der Waals surface area contributed by atoms with Crippen molar-refractivity contribution in [1.82, 2.24) is 14.8 Å². The fourth-order valence-corrected chi connectivity index (χ4v) is 3.56.